The number of hydrogen-bond acceptors (Lipinski definition) is 5. The molecule has 2 aromatic carbocycles. The van der Waals surface area contributed by atoms with Crippen LogP contribution in [0.4, 0.5) is 24.8 Å². The summed E-state index contributed by atoms with van der Waals surface area (Å²) in [6.45, 7) is 1.87. The minimum atomic E-state index is -4.40. The zero-order chi connectivity index (χ0) is 25.9. The fourth-order valence-corrected chi connectivity index (χ4v) is 4.48. The second kappa shape index (κ2) is 10.6. The van der Waals surface area contributed by atoms with Crippen molar-refractivity contribution in [3.8, 4) is 11.1 Å². The Morgan fingerprint density at radius 3 is 2.22 bits per heavy atom. The van der Waals surface area contributed by atoms with E-state index in [9.17, 15) is 18.0 Å². The fourth-order valence-electron chi connectivity index (χ4n) is 4.48. The van der Waals surface area contributed by atoms with E-state index in [-0.39, 0.29) is 18.0 Å². The highest BCUT2D eigenvalue weighted by atomic mass is 19.4. The van der Waals surface area contributed by atoms with E-state index >= 15 is 0 Å². The highest BCUT2D eigenvalue weighted by molar-refractivity contribution is 6.01. The first-order valence-electron chi connectivity index (χ1n) is 12.0. The summed E-state index contributed by atoms with van der Waals surface area (Å²) in [5.74, 6) is 2.13. The number of nitrogens with zero attached hydrogens (tertiary/aromatic N) is 3. The number of nitrogens with one attached hydrogen (secondary N) is 2. The lowest BCUT2D eigenvalue weighted by Gasteiger charge is -2.30. The van der Waals surface area contributed by atoms with Gasteiger partial charge in [0.25, 0.3) is 5.91 Å². The number of aryl methyl sites for hydroxylation is 1. The van der Waals surface area contributed by atoms with Crippen molar-refractivity contribution in [1.29, 1.82) is 0 Å². The molecule has 36 heavy (non-hydrogen) atoms. The first-order chi connectivity index (χ1) is 17.1. The summed E-state index contributed by atoms with van der Waals surface area (Å²) in [6, 6.07) is 14.1. The number of amides is 1. The van der Waals surface area contributed by atoms with Gasteiger partial charge in [0.05, 0.1) is 5.56 Å². The standard InChI is InChI=1S/C27H30F3N5O/c1-17-31-24(16-25(32-17)35(2)3)33-20-12-14-21(15-13-20)34-26(36)23-7-5-4-6-22(23)18-8-10-19(11-9-18)27(28,29)30/h4-11,16,20-21H,12-15H2,1-3H3,(H,34,36)(H,31,32,33). The molecule has 0 spiro atoms. The molecule has 9 heteroatoms. The Bertz CT molecular complexity index is 1200. The SMILES string of the molecule is Cc1nc(NC2CCC(NC(=O)c3ccccc3-c3ccc(C(F)(F)F)cc3)CC2)cc(N(C)C)n1. The number of anilines is 2. The molecule has 0 atom stereocenters. The minimum absolute atomic E-state index is 0.0284. The molecule has 6 nitrogen and oxygen atoms in total. The Morgan fingerprint density at radius 1 is 0.944 bits per heavy atom. The summed E-state index contributed by atoms with van der Waals surface area (Å²) in [6.07, 6.45) is -1.01. The minimum Gasteiger partial charge on any atom is -0.367 e. The first-order valence-corrected chi connectivity index (χ1v) is 12.0. The number of aromatic nitrogens is 2. The van der Waals surface area contributed by atoms with Gasteiger partial charge in [-0.1, -0.05) is 30.3 Å². The highest BCUT2D eigenvalue weighted by Gasteiger charge is 2.30. The van der Waals surface area contributed by atoms with Crippen molar-refractivity contribution >= 4 is 17.5 Å². The third-order valence-electron chi connectivity index (χ3n) is 6.39. The summed E-state index contributed by atoms with van der Waals surface area (Å²) < 4.78 is 38.8. The molecule has 0 saturated heterocycles. The van der Waals surface area contributed by atoms with Crippen molar-refractivity contribution in [2.24, 2.45) is 0 Å². The summed E-state index contributed by atoms with van der Waals surface area (Å²) in [4.78, 5) is 24.0. The normalized spacial score (nSPS) is 17.9. The quantitative estimate of drug-likeness (QED) is 0.458. The summed E-state index contributed by atoms with van der Waals surface area (Å²) in [5.41, 5.74) is 0.910. The van der Waals surface area contributed by atoms with Gasteiger partial charge in [0.15, 0.2) is 0 Å². The van der Waals surface area contributed by atoms with E-state index in [1.54, 1.807) is 24.3 Å². The van der Waals surface area contributed by atoms with Crippen molar-refractivity contribution in [1.82, 2.24) is 15.3 Å². The van der Waals surface area contributed by atoms with Gasteiger partial charge in [-0.2, -0.15) is 13.2 Å². The van der Waals surface area contributed by atoms with Crippen molar-refractivity contribution in [3.05, 3.63) is 71.5 Å². The van der Waals surface area contributed by atoms with Crippen molar-refractivity contribution < 1.29 is 18.0 Å². The maximum atomic E-state index is 13.1. The van der Waals surface area contributed by atoms with E-state index in [1.807, 2.05) is 32.0 Å². The predicted molar refractivity (Wildman–Crippen MR) is 135 cm³/mol. The molecule has 0 bridgehead atoms. The number of benzene rings is 2. The molecule has 0 radical (unpaired) electrons. The van der Waals surface area contributed by atoms with Gasteiger partial charge < -0.3 is 15.5 Å². The Hall–Kier alpha value is -3.62. The van der Waals surface area contributed by atoms with Crippen LogP contribution in [0.2, 0.25) is 0 Å². The largest absolute Gasteiger partial charge is 0.416 e. The molecule has 1 fully saturated rings. The molecule has 1 heterocycles. The molecule has 0 aliphatic heterocycles. The van der Waals surface area contributed by atoms with Crippen LogP contribution in [-0.2, 0) is 6.18 Å². The molecule has 1 aliphatic carbocycles. The lowest BCUT2D eigenvalue weighted by molar-refractivity contribution is -0.137. The van der Waals surface area contributed by atoms with Crippen molar-refractivity contribution in [3.63, 3.8) is 0 Å². The van der Waals surface area contributed by atoms with E-state index < -0.39 is 11.7 Å². The maximum Gasteiger partial charge on any atom is 0.416 e. The zero-order valence-electron chi connectivity index (χ0n) is 20.6. The molecule has 4 rings (SSSR count). The Balaban J connectivity index is 1.38. The molecule has 190 valence electrons. The molecular formula is C27H30F3N5O. The molecule has 2 N–H and O–H groups in total. The lowest BCUT2D eigenvalue weighted by atomic mass is 9.90. The van der Waals surface area contributed by atoms with E-state index in [0.717, 1.165) is 49.5 Å². The molecule has 1 amide bonds. The summed E-state index contributed by atoms with van der Waals surface area (Å²) in [5, 5.41) is 6.62. The van der Waals surface area contributed by atoms with E-state index in [4.69, 9.17) is 0 Å². The van der Waals surface area contributed by atoms with Crippen molar-refractivity contribution in [2.75, 3.05) is 24.3 Å². The predicted octanol–water partition coefficient (Wildman–Crippen LogP) is 5.69. The van der Waals surface area contributed by atoms with Crippen LogP contribution >= 0.6 is 0 Å². The van der Waals surface area contributed by atoms with Crippen LogP contribution in [0.25, 0.3) is 11.1 Å². The number of halogens is 3. The lowest BCUT2D eigenvalue weighted by Crippen LogP contribution is -2.40. The van der Waals surface area contributed by atoms with Gasteiger partial charge in [-0.3, -0.25) is 4.79 Å². The number of carbonyl (C=O) groups excluding carboxylic acids is 1. The van der Waals surface area contributed by atoms with Gasteiger partial charge in [0.1, 0.15) is 17.5 Å². The fraction of sp³-hybridized carbons (Fsp3) is 0.370. The summed E-state index contributed by atoms with van der Waals surface area (Å²) in [7, 11) is 3.88. The van der Waals surface area contributed by atoms with E-state index in [0.29, 0.717) is 22.5 Å². The van der Waals surface area contributed by atoms with Crippen LogP contribution < -0.4 is 15.5 Å². The van der Waals surface area contributed by atoms with Gasteiger partial charge in [-0.05, 0) is 61.9 Å². The molecule has 1 aromatic heterocycles. The van der Waals surface area contributed by atoms with Gasteiger partial charge >= 0.3 is 6.18 Å². The smallest absolute Gasteiger partial charge is 0.367 e. The Kier molecular flexibility index (Phi) is 7.47. The van der Waals surface area contributed by atoms with Crippen LogP contribution in [0.5, 0.6) is 0 Å². The maximum absolute atomic E-state index is 13.1. The second-order valence-corrected chi connectivity index (χ2v) is 9.34. The number of hydrogen-bond donors (Lipinski definition) is 2. The van der Waals surface area contributed by atoms with Crippen LogP contribution in [-0.4, -0.2) is 42.1 Å². The molecule has 1 saturated carbocycles. The monoisotopic (exact) mass is 497 g/mol. The van der Waals surface area contributed by atoms with Crippen molar-refractivity contribution in [2.45, 2.75) is 50.9 Å². The number of carbonyl (C=O) groups is 1. The number of alkyl halides is 3. The molecule has 1 aliphatic rings. The first kappa shape index (κ1) is 25.5. The average molecular weight is 498 g/mol. The van der Waals surface area contributed by atoms with Crippen LogP contribution in [0.1, 0.15) is 47.4 Å². The van der Waals surface area contributed by atoms with Gasteiger partial charge in [-0.15, -0.1) is 0 Å². The van der Waals surface area contributed by atoms with Crippen LogP contribution in [0.15, 0.2) is 54.6 Å². The van der Waals surface area contributed by atoms with Gasteiger partial charge in [0, 0.05) is 37.8 Å². The highest BCUT2D eigenvalue weighted by Crippen LogP contribution is 2.32. The summed E-state index contributed by atoms with van der Waals surface area (Å²) >= 11 is 0. The molecule has 3 aromatic rings. The molecule has 0 unspecified atom stereocenters. The second-order valence-electron chi connectivity index (χ2n) is 9.34. The Morgan fingerprint density at radius 2 is 1.58 bits per heavy atom. The topological polar surface area (TPSA) is 70.2 Å². The average Bonchev–Trinajstić information content (AvgIpc) is 2.84. The third-order valence-corrected chi connectivity index (χ3v) is 6.39. The van der Waals surface area contributed by atoms with Crippen LogP contribution in [0, 0.1) is 6.92 Å². The molecular weight excluding hydrogens is 467 g/mol. The third kappa shape index (κ3) is 6.13. The van der Waals surface area contributed by atoms with Gasteiger partial charge in [0.2, 0.25) is 0 Å². The number of rotatable bonds is 6. The van der Waals surface area contributed by atoms with E-state index in [1.165, 1.54) is 12.1 Å². The Labute approximate surface area is 209 Å². The van der Waals surface area contributed by atoms with E-state index in [2.05, 4.69) is 20.6 Å². The zero-order valence-corrected chi connectivity index (χ0v) is 20.6. The van der Waals surface area contributed by atoms with Crippen LogP contribution in [0.3, 0.4) is 0 Å². The van der Waals surface area contributed by atoms with Gasteiger partial charge in [-0.25, -0.2) is 9.97 Å².